The highest BCUT2D eigenvalue weighted by Crippen LogP contribution is 2.35. The molecule has 1 aromatic carbocycles. The van der Waals surface area contributed by atoms with E-state index in [1.165, 1.54) is 11.3 Å². The molecule has 0 saturated carbocycles. The lowest BCUT2D eigenvalue weighted by Crippen LogP contribution is -2.44. The Morgan fingerprint density at radius 3 is 2.87 bits per heavy atom. The minimum atomic E-state index is -0.533. The third kappa shape index (κ3) is 3.35. The number of carbonyl (C=O) groups excluding carboxylic acids is 2. The fourth-order valence-corrected chi connectivity index (χ4v) is 4.29. The second-order valence-electron chi connectivity index (χ2n) is 5.75. The number of thiophene rings is 1. The van der Waals surface area contributed by atoms with E-state index in [2.05, 4.69) is 0 Å². The van der Waals surface area contributed by atoms with E-state index in [0.717, 1.165) is 35.9 Å². The van der Waals surface area contributed by atoms with E-state index in [0.29, 0.717) is 9.90 Å². The summed E-state index contributed by atoms with van der Waals surface area (Å²) < 4.78 is 6.13. The summed E-state index contributed by atoms with van der Waals surface area (Å²) in [6, 6.07) is 7.75. The second kappa shape index (κ2) is 6.89. The first-order valence-electron chi connectivity index (χ1n) is 7.71. The Labute approximate surface area is 144 Å². The van der Waals surface area contributed by atoms with E-state index in [-0.39, 0.29) is 18.6 Å². The van der Waals surface area contributed by atoms with Gasteiger partial charge >= 0.3 is 5.97 Å². The maximum absolute atomic E-state index is 12.2. The zero-order valence-electron chi connectivity index (χ0n) is 12.9. The van der Waals surface area contributed by atoms with E-state index in [4.69, 9.17) is 16.3 Å². The lowest BCUT2D eigenvalue weighted by Gasteiger charge is -2.33. The van der Waals surface area contributed by atoms with E-state index >= 15 is 0 Å². The number of ether oxygens (including phenoxy) is 1. The summed E-state index contributed by atoms with van der Waals surface area (Å²) in [4.78, 5) is 26.6. The second-order valence-corrected chi connectivity index (χ2v) is 7.18. The van der Waals surface area contributed by atoms with Crippen LogP contribution in [0.4, 0.5) is 0 Å². The molecule has 2 aromatic rings. The van der Waals surface area contributed by atoms with E-state index < -0.39 is 5.97 Å². The summed E-state index contributed by atoms with van der Waals surface area (Å²) in [5.74, 6) is -0.669. The van der Waals surface area contributed by atoms with E-state index in [1.54, 1.807) is 4.90 Å². The third-order valence-corrected chi connectivity index (χ3v) is 5.83. The molecular weight excluding hydrogens is 334 g/mol. The number of carbonyl (C=O) groups is 2. The molecular formula is C17H18ClNO3S. The van der Waals surface area contributed by atoms with Crippen molar-refractivity contribution in [2.75, 3.05) is 13.2 Å². The van der Waals surface area contributed by atoms with Gasteiger partial charge in [0.05, 0.1) is 5.02 Å². The van der Waals surface area contributed by atoms with Gasteiger partial charge in [-0.2, -0.15) is 0 Å². The quantitative estimate of drug-likeness (QED) is 0.782. The van der Waals surface area contributed by atoms with Gasteiger partial charge in [-0.25, -0.2) is 4.79 Å². The summed E-state index contributed by atoms with van der Waals surface area (Å²) >= 11 is 7.54. The molecule has 0 radical (unpaired) electrons. The standard InChI is InChI=1S/C17H18ClNO3S/c1-11-6-4-5-9-19(11)14(20)10-22-17(21)16-15(18)12-7-2-3-8-13(12)23-16/h2-3,7-8,11H,4-6,9-10H2,1H3. The van der Waals surface area contributed by atoms with Gasteiger partial charge in [0, 0.05) is 22.7 Å². The molecule has 1 aliphatic heterocycles. The van der Waals surface area contributed by atoms with Gasteiger partial charge in [0.25, 0.3) is 5.91 Å². The number of hydrogen-bond acceptors (Lipinski definition) is 4. The first kappa shape index (κ1) is 16.3. The minimum absolute atomic E-state index is 0.136. The Balaban J connectivity index is 1.66. The molecule has 0 aliphatic carbocycles. The van der Waals surface area contributed by atoms with Gasteiger partial charge in [0.1, 0.15) is 4.88 Å². The smallest absolute Gasteiger partial charge is 0.350 e. The molecule has 0 N–H and O–H groups in total. The Morgan fingerprint density at radius 1 is 1.35 bits per heavy atom. The highest BCUT2D eigenvalue weighted by atomic mass is 35.5. The van der Waals surface area contributed by atoms with Crippen molar-refractivity contribution in [1.29, 1.82) is 0 Å². The van der Waals surface area contributed by atoms with Gasteiger partial charge < -0.3 is 9.64 Å². The number of esters is 1. The molecule has 3 rings (SSSR count). The van der Waals surface area contributed by atoms with Gasteiger partial charge in [-0.3, -0.25) is 4.79 Å². The molecule has 1 amide bonds. The molecule has 1 saturated heterocycles. The van der Waals surface area contributed by atoms with Crippen molar-refractivity contribution < 1.29 is 14.3 Å². The summed E-state index contributed by atoms with van der Waals surface area (Å²) in [7, 11) is 0. The van der Waals surface area contributed by atoms with E-state index in [1.807, 2.05) is 31.2 Å². The van der Waals surface area contributed by atoms with Crippen LogP contribution in [-0.2, 0) is 9.53 Å². The first-order valence-corrected chi connectivity index (χ1v) is 8.91. The zero-order chi connectivity index (χ0) is 16.4. The van der Waals surface area contributed by atoms with Crippen molar-refractivity contribution >= 4 is 44.9 Å². The Morgan fingerprint density at radius 2 is 2.13 bits per heavy atom. The summed E-state index contributed by atoms with van der Waals surface area (Å²) in [5.41, 5.74) is 0. The number of halogens is 1. The molecule has 0 spiro atoms. The van der Waals surface area contributed by atoms with Crippen molar-refractivity contribution in [2.45, 2.75) is 32.2 Å². The van der Waals surface area contributed by atoms with Gasteiger partial charge in [-0.05, 0) is 32.3 Å². The van der Waals surface area contributed by atoms with Crippen LogP contribution in [0.15, 0.2) is 24.3 Å². The molecule has 1 fully saturated rings. The molecule has 4 nitrogen and oxygen atoms in total. The molecule has 6 heteroatoms. The number of hydrogen-bond donors (Lipinski definition) is 0. The highest BCUT2D eigenvalue weighted by Gasteiger charge is 2.25. The molecule has 122 valence electrons. The monoisotopic (exact) mass is 351 g/mol. The van der Waals surface area contributed by atoms with Crippen LogP contribution < -0.4 is 0 Å². The molecule has 1 unspecified atom stereocenters. The van der Waals surface area contributed by atoms with Crippen LogP contribution in [0.25, 0.3) is 10.1 Å². The van der Waals surface area contributed by atoms with Crippen LogP contribution >= 0.6 is 22.9 Å². The summed E-state index contributed by atoms with van der Waals surface area (Å²) in [5, 5.41) is 1.23. The van der Waals surface area contributed by atoms with Crippen LogP contribution in [0.3, 0.4) is 0 Å². The molecule has 2 heterocycles. The van der Waals surface area contributed by atoms with Gasteiger partial charge in [0.15, 0.2) is 6.61 Å². The number of benzene rings is 1. The van der Waals surface area contributed by atoms with Gasteiger partial charge in [-0.15, -0.1) is 11.3 Å². The number of nitrogens with zero attached hydrogens (tertiary/aromatic N) is 1. The van der Waals surface area contributed by atoms with Crippen molar-refractivity contribution in [3.8, 4) is 0 Å². The lowest BCUT2D eigenvalue weighted by atomic mass is 10.0. The molecule has 1 aliphatic rings. The van der Waals surface area contributed by atoms with Crippen LogP contribution in [0.1, 0.15) is 35.9 Å². The zero-order valence-corrected chi connectivity index (χ0v) is 14.5. The highest BCUT2D eigenvalue weighted by molar-refractivity contribution is 7.21. The Kier molecular flexibility index (Phi) is 4.87. The predicted octanol–water partition coefficient (Wildman–Crippen LogP) is 4.11. The van der Waals surface area contributed by atoms with Gasteiger partial charge in [0.2, 0.25) is 0 Å². The molecule has 1 atom stereocenters. The van der Waals surface area contributed by atoms with Crippen LogP contribution in [0.2, 0.25) is 5.02 Å². The average molecular weight is 352 g/mol. The third-order valence-electron chi connectivity index (χ3n) is 4.17. The number of amides is 1. The molecule has 0 bridgehead atoms. The minimum Gasteiger partial charge on any atom is -0.451 e. The largest absolute Gasteiger partial charge is 0.451 e. The summed E-state index contributed by atoms with van der Waals surface area (Å²) in [6.07, 6.45) is 3.15. The summed E-state index contributed by atoms with van der Waals surface area (Å²) in [6.45, 7) is 2.54. The lowest BCUT2D eigenvalue weighted by molar-refractivity contribution is -0.137. The van der Waals surface area contributed by atoms with Crippen molar-refractivity contribution in [2.24, 2.45) is 0 Å². The first-order chi connectivity index (χ1) is 11.1. The number of piperidine rings is 1. The topological polar surface area (TPSA) is 46.6 Å². The van der Waals surface area contributed by atoms with Crippen molar-refractivity contribution in [3.63, 3.8) is 0 Å². The number of rotatable bonds is 3. The maximum Gasteiger partial charge on any atom is 0.350 e. The van der Waals surface area contributed by atoms with Crippen molar-refractivity contribution in [3.05, 3.63) is 34.2 Å². The molecule has 23 heavy (non-hydrogen) atoms. The Hall–Kier alpha value is -1.59. The molecule has 1 aromatic heterocycles. The predicted molar refractivity (Wildman–Crippen MR) is 92.1 cm³/mol. The fraction of sp³-hybridized carbons (Fsp3) is 0.412. The normalized spacial score (nSPS) is 18.2. The fourth-order valence-electron chi connectivity index (χ4n) is 2.89. The SMILES string of the molecule is CC1CCCCN1C(=O)COC(=O)c1sc2ccccc2c1Cl. The number of fused-ring (bicyclic) bond motifs is 1. The van der Waals surface area contributed by atoms with Crippen LogP contribution in [0.5, 0.6) is 0 Å². The van der Waals surface area contributed by atoms with Crippen LogP contribution in [0, 0.1) is 0 Å². The van der Waals surface area contributed by atoms with Crippen LogP contribution in [-0.4, -0.2) is 36.0 Å². The Bertz CT molecular complexity index is 743. The number of likely N-dealkylation sites (tertiary alicyclic amines) is 1. The average Bonchev–Trinajstić information content (AvgIpc) is 2.90. The van der Waals surface area contributed by atoms with E-state index in [9.17, 15) is 9.59 Å². The van der Waals surface area contributed by atoms with Gasteiger partial charge in [-0.1, -0.05) is 29.8 Å². The maximum atomic E-state index is 12.2. The van der Waals surface area contributed by atoms with Crippen molar-refractivity contribution in [1.82, 2.24) is 4.90 Å².